The molecule has 2 saturated heterocycles. The molecule has 0 aromatic carbocycles. The van der Waals surface area contributed by atoms with Gasteiger partial charge in [-0.1, -0.05) is 6.07 Å². The van der Waals surface area contributed by atoms with Crippen LogP contribution >= 0.6 is 0 Å². The number of pyridine rings is 1. The number of likely N-dealkylation sites (tertiary alicyclic amines) is 2. The van der Waals surface area contributed by atoms with Gasteiger partial charge >= 0.3 is 0 Å². The van der Waals surface area contributed by atoms with Gasteiger partial charge in [0, 0.05) is 68.6 Å². The van der Waals surface area contributed by atoms with E-state index in [1.165, 1.54) is 0 Å². The van der Waals surface area contributed by atoms with Crippen molar-refractivity contribution in [3.8, 4) is 0 Å². The summed E-state index contributed by atoms with van der Waals surface area (Å²) in [5.74, 6) is 0.471. The first kappa shape index (κ1) is 19.5. The van der Waals surface area contributed by atoms with E-state index in [4.69, 9.17) is 4.74 Å². The van der Waals surface area contributed by atoms with Gasteiger partial charge in [0.15, 0.2) is 0 Å². The van der Waals surface area contributed by atoms with Crippen LogP contribution in [-0.4, -0.2) is 69.9 Å². The Labute approximate surface area is 175 Å². The van der Waals surface area contributed by atoms with Gasteiger partial charge in [0.25, 0.3) is 5.56 Å². The Morgan fingerprint density at radius 2 is 2.23 bits per heavy atom. The van der Waals surface area contributed by atoms with Crippen LogP contribution in [0.2, 0.25) is 0 Å². The maximum Gasteiger partial charge on any atom is 0.251 e. The number of methoxy groups -OCH3 is 1. The number of nitrogens with zero attached hydrogens (tertiary/aromatic N) is 4. The lowest BCUT2D eigenvalue weighted by Gasteiger charge is -2.47. The average Bonchev–Trinajstić information content (AvgIpc) is 3.41. The highest BCUT2D eigenvalue weighted by Crippen LogP contribution is 2.42. The summed E-state index contributed by atoms with van der Waals surface area (Å²) >= 11 is 0. The van der Waals surface area contributed by atoms with E-state index >= 15 is 0 Å². The molecule has 0 radical (unpaired) electrons. The van der Waals surface area contributed by atoms with Crippen molar-refractivity contribution in [3.63, 3.8) is 0 Å². The number of nitrogens with one attached hydrogen (secondary N) is 1. The fourth-order valence-electron chi connectivity index (χ4n) is 5.76. The summed E-state index contributed by atoms with van der Waals surface area (Å²) in [7, 11) is 1.68. The van der Waals surface area contributed by atoms with Crippen molar-refractivity contribution in [2.45, 2.75) is 43.8 Å². The van der Waals surface area contributed by atoms with Crippen molar-refractivity contribution in [2.24, 2.45) is 5.92 Å². The molecule has 2 fully saturated rings. The average molecular weight is 412 g/mol. The molecule has 2 aromatic rings. The molecule has 3 aliphatic heterocycles. The zero-order valence-electron chi connectivity index (χ0n) is 17.4. The highest BCUT2D eigenvalue weighted by atomic mass is 16.5. The summed E-state index contributed by atoms with van der Waals surface area (Å²) in [6, 6.07) is 5.11. The summed E-state index contributed by atoms with van der Waals surface area (Å²) in [5, 5.41) is 6.94. The van der Waals surface area contributed by atoms with Gasteiger partial charge in [-0.25, -0.2) is 0 Å². The molecule has 4 atom stereocenters. The molecule has 0 aliphatic carbocycles. The van der Waals surface area contributed by atoms with Crippen LogP contribution in [0.4, 0.5) is 0 Å². The van der Waals surface area contributed by atoms with E-state index in [-0.39, 0.29) is 29.3 Å². The fourth-order valence-corrected chi connectivity index (χ4v) is 5.76. The smallest absolute Gasteiger partial charge is 0.251 e. The normalized spacial score (nSPS) is 28.5. The number of ether oxygens (including phenoxy) is 1. The number of aromatic amines is 1. The van der Waals surface area contributed by atoms with E-state index in [0.29, 0.717) is 6.61 Å². The van der Waals surface area contributed by atoms with Gasteiger partial charge in [-0.05, 0) is 25.3 Å². The number of rotatable bonds is 5. The molecule has 1 amide bonds. The third kappa shape index (κ3) is 3.37. The monoisotopic (exact) mass is 411 g/mol. The van der Waals surface area contributed by atoms with E-state index < -0.39 is 6.04 Å². The quantitative estimate of drug-likeness (QED) is 0.804. The summed E-state index contributed by atoms with van der Waals surface area (Å²) < 4.78 is 7.17. The molecule has 8 nitrogen and oxygen atoms in total. The number of aromatic nitrogens is 3. The molecule has 1 N–H and O–H groups in total. The third-order valence-corrected chi connectivity index (χ3v) is 6.96. The van der Waals surface area contributed by atoms with Gasteiger partial charge in [-0.3, -0.25) is 24.2 Å². The van der Waals surface area contributed by atoms with Gasteiger partial charge in [0.05, 0.1) is 18.8 Å². The number of carbonyl (C=O) groups excluding carboxylic acids is 1. The van der Waals surface area contributed by atoms with Crippen molar-refractivity contribution >= 4 is 5.91 Å². The molecule has 0 unspecified atom stereocenters. The van der Waals surface area contributed by atoms with Crippen LogP contribution in [0.15, 0.2) is 35.4 Å². The van der Waals surface area contributed by atoms with Crippen LogP contribution in [0.5, 0.6) is 0 Å². The largest absolute Gasteiger partial charge is 0.383 e. The lowest BCUT2D eigenvalue weighted by molar-refractivity contribution is -0.140. The van der Waals surface area contributed by atoms with Crippen molar-refractivity contribution < 1.29 is 9.53 Å². The summed E-state index contributed by atoms with van der Waals surface area (Å²) in [6.45, 7) is 3.80. The van der Waals surface area contributed by atoms with E-state index in [2.05, 4.69) is 15.1 Å². The van der Waals surface area contributed by atoms with Crippen LogP contribution in [0.3, 0.4) is 0 Å². The molecule has 30 heavy (non-hydrogen) atoms. The van der Waals surface area contributed by atoms with Crippen LogP contribution in [0.1, 0.15) is 42.5 Å². The zero-order chi connectivity index (χ0) is 20.7. The predicted molar refractivity (Wildman–Crippen MR) is 111 cm³/mol. The van der Waals surface area contributed by atoms with E-state index in [0.717, 1.165) is 56.7 Å². The van der Waals surface area contributed by atoms with Crippen molar-refractivity contribution in [1.82, 2.24) is 24.6 Å². The molecule has 5 rings (SSSR count). The Bertz CT molecular complexity index is 956. The maximum absolute atomic E-state index is 13.8. The molecule has 2 aromatic heterocycles. The first-order valence-electron chi connectivity index (χ1n) is 10.9. The van der Waals surface area contributed by atoms with Gasteiger partial charge in [0.2, 0.25) is 5.91 Å². The SMILES string of the molecule is COC[C@@H]1CCCN1C(=O)[C@H]1[C@@H]2C[C@@H](CN(Cc3cn[nH]c3)C2)c2cccc(=O)n21. The molecule has 2 bridgehead atoms. The third-order valence-electron chi connectivity index (χ3n) is 6.96. The maximum atomic E-state index is 13.8. The number of hydrogen-bond acceptors (Lipinski definition) is 5. The number of H-pyrrole nitrogens is 1. The van der Waals surface area contributed by atoms with Crippen molar-refractivity contribution in [2.75, 3.05) is 33.4 Å². The lowest BCUT2D eigenvalue weighted by Crippen LogP contribution is -2.54. The highest BCUT2D eigenvalue weighted by Gasteiger charge is 2.46. The van der Waals surface area contributed by atoms with Gasteiger partial charge in [-0.15, -0.1) is 0 Å². The highest BCUT2D eigenvalue weighted by molar-refractivity contribution is 5.82. The predicted octanol–water partition coefficient (Wildman–Crippen LogP) is 1.37. The Kier molecular flexibility index (Phi) is 5.20. The molecule has 0 spiro atoms. The number of hydrogen-bond donors (Lipinski definition) is 1. The second-order valence-corrected chi connectivity index (χ2v) is 8.88. The minimum atomic E-state index is -0.436. The van der Waals surface area contributed by atoms with Gasteiger partial charge in [-0.2, -0.15) is 5.10 Å². The Morgan fingerprint density at radius 3 is 3.03 bits per heavy atom. The lowest BCUT2D eigenvalue weighted by atomic mass is 9.77. The summed E-state index contributed by atoms with van der Waals surface area (Å²) in [5.41, 5.74) is 2.07. The summed E-state index contributed by atoms with van der Waals surface area (Å²) in [6.07, 6.45) is 6.67. The van der Waals surface area contributed by atoms with Gasteiger partial charge < -0.3 is 9.64 Å². The molecule has 8 heteroatoms. The summed E-state index contributed by atoms with van der Waals surface area (Å²) in [4.78, 5) is 31.1. The molecule has 0 saturated carbocycles. The van der Waals surface area contributed by atoms with E-state index in [1.807, 2.05) is 29.4 Å². The Hall–Kier alpha value is -2.45. The second-order valence-electron chi connectivity index (χ2n) is 8.88. The van der Waals surface area contributed by atoms with Crippen molar-refractivity contribution in [1.29, 1.82) is 0 Å². The molecule has 3 aliphatic rings. The molecule has 160 valence electrons. The number of amides is 1. The molecular weight excluding hydrogens is 382 g/mol. The number of carbonyl (C=O) groups is 1. The fraction of sp³-hybridized carbons (Fsp3) is 0.591. The zero-order valence-corrected chi connectivity index (χ0v) is 17.4. The van der Waals surface area contributed by atoms with E-state index in [9.17, 15) is 9.59 Å². The van der Waals surface area contributed by atoms with E-state index in [1.54, 1.807) is 17.7 Å². The number of piperidine rings is 1. The minimum absolute atomic E-state index is 0.0636. The van der Waals surface area contributed by atoms with Crippen LogP contribution < -0.4 is 5.56 Å². The first-order valence-corrected chi connectivity index (χ1v) is 10.9. The Morgan fingerprint density at radius 1 is 1.33 bits per heavy atom. The van der Waals surface area contributed by atoms with Crippen LogP contribution in [-0.2, 0) is 16.1 Å². The topological polar surface area (TPSA) is 83.5 Å². The number of fused-ring (bicyclic) bond motifs is 4. The Balaban J connectivity index is 1.49. The minimum Gasteiger partial charge on any atom is -0.383 e. The van der Waals surface area contributed by atoms with Crippen LogP contribution in [0, 0.1) is 5.92 Å². The van der Waals surface area contributed by atoms with Gasteiger partial charge in [0.1, 0.15) is 6.04 Å². The first-order chi connectivity index (χ1) is 14.7. The standard InChI is InChI=1S/C22H29N5O3/c1-30-14-18-4-3-7-26(18)22(29)21-17-8-16(19-5-2-6-20(28)27(19)21)12-25(13-17)11-15-9-23-24-10-15/h2,5-6,9-10,16-18,21H,3-4,7-8,11-14H2,1H3,(H,23,24)/t16-,17+,18-,21+/m0/s1. The molecule has 5 heterocycles. The van der Waals surface area contributed by atoms with Crippen molar-refractivity contribution in [3.05, 3.63) is 52.2 Å². The molecular formula is C22H29N5O3. The second kappa shape index (κ2) is 8.00. The van der Waals surface area contributed by atoms with Crippen LogP contribution in [0.25, 0.3) is 0 Å².